The highest BCUT2D eigenvalue weighted by Crippen LogP contribution is 2.32. The molecule has 7 heteroatoms. The van der Waals surface area contributed by atoms with Crippen LogP contribution < -0.4 is 9.64 Å². The van der Waals surface area contributed by atoms with Crippen LogP contribution in [-0.4, -0.2) is 50.5 Å². The van der Waals surface area contributed by atoms with Gasteiger partial charge in [-0.15, -0.1) is 11.8 Å². The molecule has 0 saturated carbocycles. The highest BCUT2D eigenvalue weighted by atomic mass is 32.2. The Hall–Kier alpha value is -1.86. The summed E-state index contributed by atoms with van der Waals surface area (Å²) in [6, 6.07) is 13.7. The second kappa shape index (κ2) is 9.56. The second-order valence-corrected chi connectivity index (χ2v) is 7.92. The van der Waals surface area contributed by atoms with Gasteiger partial charge in [0.05, 0.1) is 12.7 Å². The van der Waals surface area contributed by atoms with Gasteiger partial charge in [-0.25, -0.2) is 0 Å². The molecular weight excluding hydrogens is 385 g/mol. The Morgan fingerprint density at radius 2 is 1.71 bits per heavy atom. The number of halogens is 3. The number of nitrogens with zero attached hydrogens (tertiary/aromatic N) is 2. The van der Waals surface area contributed by atoms with Gasteiger partial charge in [-0.1, -0.05) is 6.07 Å². The van der Waals surface area contributed by atoms with E-state index in [0.29, 0.717) is 5.69 Å². The monoisotopic (exact) mass is 410 g/mol. The van der Waals surface area contributed by atoms with Crippen LogP contribution in [0.4, 0.5) is 18.9 Å². The van der Waals surface area contributed by atoms with E-state index in [0.717, 1.165) is 56.7 Å². The van der Waals surface area contributed by atoms with Crippen LogP contribution in [0.2, 0.25) is 0 Å². The number of hydrogen-bond acceptors (Lipinski definition) is 4. The van der Waals surface area contributed by atoms with Crippen molar-refractivity contribution in [3.05, 3.63) is 54.1 Å². The summed E-state index contributed by atoms with van der Waals surface area (Å²) in [6.07, 6.45) is -3.21. The Morgan fingerprint density at radius 1 is 1.00 bits per heavy atom. The molecule has 1 fully saturated rings. The highest BCUT2D eigenvalue weighted by molar-refractivity contribution is 7.99. The zero-order valence-corrected chi connectivity index (χ0v) is 16.7. The number of anilines is 1. The molecule has 2 aromatic carbocycles. The SMILES string of the molecule is COc1ccc(SCCCN2CCN(c3cccc(C(F)(F)F)c3)CC2)cc1. The maximum atomic E-state index is 12.9. The number of ether oxygens (including phenoxy) is 1. The van der Waals surface area contributed by atoms with Crippen LogP contribution in [-0.2, 0) is 6.18 Å². The Balaban J connectivity index is 1.39. The lowest BCUT2D eigenvalue weighted by Gasteiger charge is -2.36. The number of rotatable bonds is 7. The van der Waals surface area contributed by atoms with E-state index >= 15 is 0 Å². The van der Waals surface area contributed by atoms with Gasteiger partial charge in [0.1, 0.15) is 5.75 Å². The van der Waals surface area contributed by atoms with Crippen molar-refractivity contribution in [3.8, 4) is 5.75 Å². The van der Waals surface area contributed by atoms with Crippen molar-refractivity contribution in [1.29, 1.82) is 0 Å². The first-order chi connectivity index (χ1) is 13.5. The second-order valence-electron chi connectivity index (χ2n) is 6.75. The molecular formula is C21H25F3N2OS. The van der Waals surface area contributed by atoms with Crippen LogP contribution in [0.3, 0.4) is 0 Å². The maximum Gasteiger partial charge on any atom is 0.416 e. The number of piperazine rings is 1. The summed E-state index contributed by atoms with van der Waals surface area (Å²) in [4.78, 5) is 5.66. The standard InChI is InChI=1S/C21H25F3N2OS/c1-27-19-6-8-20(9-7-19)28-15-3-10-25-11-13-26(14-12-25)18-5-2-4-17(16-18)21(22,23)24/h2,4-9,16H,3,10-15H2,1H3. The van der Waals surface area contributed by atoms with Crippen molar-refractivity contribution in [2.45, 2.75) is 17.5 Å². The topological polar surface area (TPSA) is 15.7 Å². The molecule has 152 valence electrons. The molecule has 0 radical (unpaired) electrons. The first kappa shape index (κ1) is 20.9. The molecule has 1 aliphatic heterocycles. The van der Waals surface area contributed by atoms with E-state index in [1.54, 1.807) is 13.2 Å². The van der Waals surface area contributed by atoms with Gasteiger partial charge in [-0.2, -0.15) is 13.2 Å². The van der Waals surface area contributed by atoms with Crippen molar-refractivity contribution >= 4 is 17.4 Å². The summed E-state index contributed by atoms with van der Waals surface area (Å²) in [5.41, 5.74) is 0.0764. The summed E-state index contributed by atoms with van der Waals surface area (Å²) in [6.45, 7) is 4.28. The van der Waals surface area contributed by atoms with Crippen molar-refractivity contribution < 1.29 is 17.9 Å². The molecule has 1 aliphatic rings. The Labute approximate surface area is 168 Å². The predicted octanol–water partition coefficient (Wildman–Crippen LogP) is 5.02. The normalized spacial score (nSPS) is 15.6. The molecule has 2 aromatic rings. The van der Waals surface area contributed by atoms with Gasteiger partial charge in [0.25, 0.3) is 0 Å². The summed E-state index contributed by atoms with van der Waals surface area (Å²) in [5.74, 6) is 1.91. The van der Waals surface area contributed by atoms with E-state index in [4.69, 9.17) is 4.74 Å². The third-order valence-corrected chi connectivity index (χ3v) is 5.96. The van der Waals surface area contributed by atoms with Gasteiger partial charge >= 0.3 is 6.18 Å². The number of benzene rings is 2. The van der Waals surface area contributed by atoms with Gasteiger partial charge in [-0.05, 0) is 61.2 Å². The van der Waals surface area contributed by atoms with E-state index in [1.165, 1.54) is 17.0 Å². The van der Waals surface area contributed by atoms with E-state index < -0.39 is 11.7 Å². The van der Waals surface area contributed by atoms with Crippen molar-refractivity contribution in [3.63, 3.8) is 0 Å². The molecule has 0 bridgehead atoms. The minimum absolute atomic E-state index is 0.581. The Kier molecular flexibility index (Phi) is 7.13. The molecule has 0 aromatic heterocycles. The highest BCUT2D eigenvalue weighted by Gasteiger charge is 2.31. The lowest BCUT2D eigenvalue weighted by Crippen LogP contribution is -2.46. The average molecular weight is 411 g/mol. The van der Waals surface area contributed by atoms with E-state index in [1.807, 2.05) is 28.8 Å². The summed E-state index contributed by atoms with van der Waals surface area (Å²) in [7, 11) is 1.66. The Morgan fingerprint density at radius 3 is 2.36 bits per heavy atom. The van der Waals surface area contributed by atoms with Crippen LogP contribution in [0.5, 0.6) is 5.75 Å². The van der Waals surface area contributed by atoms with Gasteiger partial charge in [0.2, 0.25) is 0 Å². The minimum atomic E-state index is -4.29. The predicted molar refractivity (Wildman–Crippen MR) is 108 cm³/mol. The van der Waals surface area contributed by atoms with Crippen LogP contribution in [0.1, 0.15) is 12.0 Å². The zero-order valence-electron chi connectivity index (χ0n) is 15.9. The lowest BCUT2D eigenvalue weighted by atomic mass is 10.1. The van der Waals surface area contributed by atoms with Gasteiger partial charge in [0.15, 0.2) is 0 Å². The summed E-state index contributed by atoms with van der Waals surface area (Å²) >= 11 is 1.83. The largest absolute Gasteiger partial charge is 0.497 e. The fourth-order valence-corrected chi connectivity index (χ4v) is 4.10. The average Bonchev–Trinajstić information content (AvgIpc) is 2.71. The van der Waals surface area contributed by atoms with Crippen molar-refractivity contribution in [2.24, 2.45) is 0 Å². The third kappa shape index (κ3) is 5.82. The molecule has 28 heavy (non-hydrogen) atoms. The fraction of sp³-hybridized carbons (Fsp3) is 0.429. The smallest absolute Gasteiger partial charge is 0.416 e. The van der Waals surface area contributed by atoms with Crippen molar-refractivity contribution in [2.75, 3.05) is 50.5 Å². The van der Waals surface area contributed by atoms with Crippen molar-refractivity contribution in [1.82, 2.24) is 4.90 Å². The molecule has 1 saturated heterocycles. The van der Waals surface area contributed by atoms with Crippen LogP contribution in [0.25, 0.3) is 0 Å². The number of hydrogen-bond donors (Lipinski definition) is 0. The molecule has 0 spiro atoms. The van der Waals surface area contributed by atoms with Gasteiger partial charge < -0.3 is 9.64 Å². The van der Waals surface area contributed by atoms with Crippen LogP contribution in [0, 0.1) is 0 Å². The quantitative estimate of drug-likeness (QED) is 0.470. The fourth-order valence-electron chi connectivity index (χ4n) is 3.26. The molecule has 0 amide bonds. The maximum absolute atomic E-state index is 12.9. The summed E-state index contributed by atoms with van der Waals surface area (Å²) < 4.78 is 43.8. The summed E-state index contributed by atoms with van der Waals surface area (Å²) in [5, 5.41) is 0. The molecule has 0 unspecified atom stereocenters. The van der Waals surface area contributed by atoms with E-state index in [9.17, 15) is 13.2 Å². The molecule has 0 atom stereocenters. The van der Waals surface area contributed by atoms with Crippen LogP contribution >= 0.6 is 11.8 Å². The number of alkyl halides is 3. The molecule has 3 nitrogen and oxygen atoms in total. The van der Waals surface area contributed by atoms with Gasteiger partial charge in [-0.3, -0.25) is 4.90 Å². The number of thioether (sulfide) groups is 1. The molecule has 1 heterocycles. The number of methoxy groups -OCH3 is 1. The van der Waals surface area contributed by atoms with Gasteiger partial charge in [0, 0.05) is 36.8 Å². The third-order valence-electron chi connectivity index (χ3n) is 4.86. The van der Waals surface area contributed by atoms with E-state index in [-0.39, 0.29) is 0 Å². The first-order valence-corrected chi connectivity index (χ1v) is 10.4. The molecule has 0 N–H and O–H groups in total. The zero-order chi connectivity index (χ0) is 20.0. The lowest BCUT2D eigenvalue weighted by molar-refractivity contribution is -0.137. The minimum Gasteiger partial charge on any atom is -0.497 e. The molecule has 0 aliphatic carbocycles. The van der Waals surface area contributed by atoms with E-state index in [2.05, 4.69) is 17.0 Å². The first-order valence-electron chi connectivity index (χ1n) is 9.37. The Bertz CT molecular complexity index is 744. The van der Waals surface area contributed by atoms with Crippen LogP contribution in [0.15, 0.2) is 53.4 Å². The molecule has 3 rings (SSSR count).